The van der Waals surface area contributed by atoms with Gasteiger partial charge >= 0.3 is 0 Å². The smallest absolute Gasteiger partial charge is 0.111 e. The van der Waals surface area contributed by atoms with Crippen LogP contribution in [0.25, 0.3) is 11.0 Å². The van der Waals surface area contributed by atoms with Gasteiger partial charge in [0.1, 0.15) is 5.82 Å². The average Bonchev–Trinajstić information content (AvgIpc) is 2.57. The summed E-state index contributed by atoms with van der Waals surface area (Å²) in [7, 11) is 2.07. The minimum absolute atomic E-state index is 0.204. The van der Waals surface area contributed by atoms with Crippen LogP contribution in [0.5, 0.6) is 0 Å². The summed E-state index contributed by atoms with van der Waals surface area (Å²) in [5, 5.41) is 0. The molecular formula is C13H19N3. The predicted octanol–water partition coefficient (Wildman–Crippen LogP) is 2.16. The third-order valence-corrected chi connectivity index (χ3v) is 3.16. The topological polar surface area (TPSA) is 43.8 Å². The van der Waals surface area contributed by atoms with Gasteiger partial charge in [-0.15, -0.1) is 0 Å². The van der Waals surface area contributed by atoms with E-state index in [4.69, 9.17) is 5.73 Å². The maximum absolute atomic E-state index is 5.98. The van der Waals surface area contributed by atoms with Crippen LogP contribution in [0.1, 0.15) is 24.7 Å². The van der Waals surface area contributed by atoms with Gasteiger partial charge < -0.3 is 10.3 Å². The monoisotopic (exact) mass is 217 g/mol. The van der Waals surface area contributed by atoms with Crippen molar-refractivity contribution >= 4 is 11.0 Å². The van der Waals surface area contributed by atoms with E-state index in [1.807, 2.05) is 6.07 Å². The summed E-state index contributed by atoms with van der Waals surface area (Å²) in [6.45, 7) is 4.23. The van der Waals surface area contributed by atoms with E-state index in [-0.39, 0.29) is 6.04 Å². The van der Waals surface area contributed by atoms with Crippen LogP contribution < -0.4 is 5.73 Å². The van der Waals surface area contributed by atoms with E-state index in [1.54, 1.807) is 0 Å². The third-order valence-electron chi connectivity index (χ3n) is 3.16. The summed E-state index contributed by atoms with van der Waals surface area (Å²) < 4.78 is 2.17. The molecule has 0 amide bonds. The highest BCUT2D eigenvalue weighted by Crippen LogP contribution is 2.19. The summed E-state index contributed by atoms with van der Waals surface area (Å²) in [5.74, 6) is 1.08. The summed E-state index contributed by atoms with van der Waals surface area (Å²) in [6, 6.07) is 6.43. The lowest BCUT2D eigenvalue weighted by molar-refractivity contribution is 0.612. The Balaban J connectivity index is 2.48. The number of nitrogens with two attached hydrogens (primary N) is 1. The van der Waals surface area contributed by atoms with Crippen LogP contribution in [-0.2, 0) is 13.5 Å². The van der Waals surface area contributed by atoms with Gasteiger partial charge in [0, 0.05) is 19.5 Å². The Morgan fingerprint density at radius 1 is 1.44 bits per heavy atom. The maximum Gasteiger partial charge on any atom is 0.111 e. The van der Waals surface area contributed by atoms with Crippen molar-refractivity contribution in [1.82, 2.24) is 9.55 Å². The van der Waals surface area contributed by atoms with Crippen LogP contribution in [0.2, 0.25) is 0 Å². The first kappa shape index (κ1) is 11.1. The zero-order valence-corrected chi connectivity index (χ0v) is 10.2. The first-order chi connectivity index (χ1) is 7.63. The zero-order chi connectivity index (χ0) is 11.7. The lowest BCUT2D eigenvalue weighted by atomic mass is 10.1. The fourth-order valence-corrected chi connectivity index (χ4v) is 2.07. The van der Waals surface area contributed by atoms with E-state index in [0.29, 0.717) is 0 Å². The van der Waals surface area contributed by atoms with E-state index in [0.717, 1.165) is 24.2 Å². The van der Waals surface area contributed by atoms with Crippen molar-refractivity contribution in [3.8, 4) is 0 Å². The van der Waals surface area contributed by atoms with Crippen LogP contribution in [0, 0.1) is 6.92 Å². The number of aromatic nitrogens is 2. The van der Waals surface area contributed by atoms with Gasteiger partial charge in [0.2, 0.25) is 0 Å². The molecule has 0 spiro atoms. The van der Waals surface area contributed by atoms with Gasteiger partial charge in [0.05, 0.1) is 11.0 Å². The minimum Gasteiger partial charge on any atom is -0.331 e. The first-order valence-corrected chi connectivity index (χ1v) is 5.80. The highest BCUT2D eigenvalue weighted by Gasteiger charge is 2.11. The minimum atomic E-state index is 0.204. The molecule has 0 radical (unpaired) electrons. The van der Waals surface area contributed by atoms with E-state index < -0.39 is 0 Å². The molecule has 3 heteroatoms. The molecule has 0 aliphatic rings. The van der Waals surface area contributed by atoms with Gasteiger partial charge in [0.25, 0.3) is 0 Å². The Morgan fingerprint density at radius 3 is 2.81 bits per heavy atom. The first-order valence-electron chi connectivity index (χ1n) is 5.80. The van der Waals surface area contributed by atoms with E-state index >= 15 is 0 Å². The van der Waals surface area contributed by atoms with Crippen LogP contribution in [0.3, 0.4) is 0 Å². The highest BCUT2D eigenvalue weighted by molar-refractivity contribution is 5.79. The van der Waals surface area contributed by atoms with Crippen LogP contribution in [-0.4, -0.2) is 15.6 Å². The highest BCUT2D eigenvalue weighted by atomic mass is 15.1. The van der Waals surface area contributed by atoms with Gasteiger partial charge in [-0.3, -0.25) is 0 Å². The molecular weight excluding hydrogens is 198 g/mol. The van der Waals surface area contributed by atoms with Crippen molar-refractivity contribution in [3.63, 3.8) is 0 Å². The molecule has 0 aliphatic carbocycles. The number of rotatable bonds is 3. The van der Waals surface area contributed by atoms with E-state index in [9.17, 15) is 0 Å². The van der Waals surface area contributed by atoms with Gasteiger partial charge in [-0.2, -0.15) is 0 Å². The SMILES string of the molecule is CCC(N)Cc1nc2cccc(C)c2n1C. The fourth-order valence-electron chi connectivity index (χ4n) is 2.07. The van der Waals surface area contributed by atoms with Crippen LogP contribution in [0.4, 0.5) is 0 Å². The lowest BCUT2D eigenvalue weighted by Gasteiger charge is -2.08. The van der Waals surface area contributed by atoms with Gasteiger partial charge in [0.15, 0.2) is 0 Å². The molecule has 16 heavy (non-hydrogen) atoms. The Morgan fingerprint density at radius 2 is 2.19 bits per heavy atom. The molecule has 0 aliphatic heterocycles. The quantitative estimate of drug-likeness (QED) is 0.856. The second kappa shape index (κ2) is 4.26. The molecule has 0 fully saturated rings. The number of fused-ring (bicyclic) bond motifs is 1. The largest absolute Gasteiger partial charge is 0.331 e. The molecule has 2 aromatic rings. The number of hydrogen-bond donors (Lipinski definition) is 1. The number of imidazole rings is 1. The summed E-state index contributed by atoms with van der Waals surface area (Å²) in [4.78, 5) is 4.64. The molecule has 1 atom stereocenters. The number of nitrogens with zero attached hydrogens (tertiary/aromatic N) is 2. The third kappa shape index (κ3) is 1.83. The van der Waals surface area contributed by atoms with Crippen LogP contribution >= 0.6 is 0 Å². The molecule has 0 saturated carbocycles. The second-order valence-corrected chi connectivity index (χ2v) is 4.40. The molecule has 1 aromatic heterocycles. The summed E-state index contributed by atoms with van der Waals surface area (Å²) in [6.07, 6.45) is 1.84. The van der Waals surface area contributed by atoms with Crippen molar-refractivity contribution in [2.24, 2.45) is 12.8 Å². The Kier molecular flexibility index (Phi) is 2.97. The number of aryl methyl sites for hydroxylation is 2. The number of para-hydroxylation sites is 1. The van der Waals surface area contributed by atoms with Gasteiger partial charge in [-0.25, -0.2) is 4.98 Å². The molecule has 1 heterocycles. The number of hydrogen-bond acceptors (Lipinski definition) is 2. The van der Waals surface area contributed by atoms with E-state index in [1.165, 1.54) is 11.1 Å². The second-order valence-electron chi connectivity index (χ2n) is 4.40. The molecule has 2 rings (SSSR count). The molecule has 0 bridgehead atoms. The van der Waals surface area contributed by atoms with Gasteiger partial charge in [-0.1, -0.05) is 19.1 Å². The predicted molar refractivity (Wildman–Crippen MR) is 67.4 cm³/mol. The fraction of sp³-hybridized carbons (Fsp3) is 0.462. The molecule has 1 aromatic carbocycles. The Bertz CT molecular complexity index is 499. The van der Waals surface area contributed by atoms with E-state index in [2.05, 4.69) is 42.6 Å². The molecule has 2 N–H and O–H groups in total. The van der Waals surface area contributed by atoms with Crippen molar-refractivity contribution < 1.29 is 0 Å². The number of benzene rings is 1. The van der Waals surface area contributed by atoms with Crippen molar-refractivity contribution in [1.29, 1.82) is 0 Å². The van der Waals surface area contributed by atoms with Crippen molar-refractivity contribution in [3.05, 3.63) is 29.6 Å². The van der Waals surface area contributed by atoms with Crippen molar-refractivity contribution in [2.45, 2.75) is 32.7 Å². The maximum atomic E-state index is 5.98. The zero-order valence-electron chi connectivity index (χ0n) is 10.2. The van der Waals surface area contributed by atoms with Crippen LogP contribution in [0.15, 0.2) is 18.2 Å². The molecule has 1 unspecified atom stereocenters. The average molecular weight is 217 g/mol. The van der Waals surface area contributed by atoms with Crippen molar-refractivity contribution in [2.75, 3.05) is 0 Å². The summed E-state index contributed by atoms with van der Waals surface area (Å²) in [5.41, 5.74) is 9.54. The molecule has 3 nitrogen and oxygen atoms in total. The van der Waals surface area contributed by atoms with Gasteiger partial charge in [-0.05, 0) is 25.0 Å². The summed E-state index contributed by atoms with van der Waals surface area (Å²) >= 11 is 0. The Hall–Kier alpha value is -1.35. The molecule has 86 valence electrons. The normalized spacial score (nSPS) is 13.2. The standard InChI is InChI=1S/C13H19N3/c1-4-10(14)8-12-15-11-7-5-6-9(2)13(11)16(12)3/h5-7,10H,4,8,14H2,1-3H3. The molecule has 0 saturated heterocycles. The Labute approximate surface area is 96.3 Å². The lowest BCUT2D eigenvalue weighted by Crippen LogP contribution is -2.23.